The predicted molar refractivity (Wildman–Crippen MR) is 38.3 cm³/mol. The van der Waals surface area contributed by atoms with E-state index in [9.17, 15) is 26.0 Å². The van der Waals surface area contributed by atoms with E-state index in [2.05, 4.69) is 0 Å². The lowest BCUT2D eigenvalue weighted by molar-refractivity contribution is -0.160. The Kier molecular flexibility index (Phi) is 3.17. The van der Waals surface area contributed by atoms with E-state index in [-0.39, 0.29) is 6.92 Å². The fourth-order valence-electron chi connectivity index (χ4n) is 0.279. The molecule has 0 aliphatic heterocycles. The zero-order chi connectivity index (χ0) is 10.2. The minimum Gasteiger partial charge on any atom is -0.249 e. The van der Waals surface area contributed by atoms with Gasteiger partial charge in [-0.1, -0.05) is 0 Å². The molecule has 0 amide bonds. The Bertz CT molecular complexity index is 259. The van der Waals surface area contributed by atoms with Crippen LogP contribution in [-0.4, -0.2) is 26.0 Å². The molecule has 0 saturated carbocycles. The number of halogens is 5. The van der Waals surface area contributed by atoms with Crippen molar-refractivity contribution >= 4 is 23.1 Å². The highest BCUT2D eigenvalue weighted by Crippen LogP contribution is 2.39. The van der Waals surface area contributed by atoms with Crippen molar-refractivity contribution in [2.75, 3.05) is 6.67 Å². The highest BCUT2D eigenvalue weighted by Gasteiger charge is 2.60. The molecule has 8 heteroatoms. The van der Waals surface area contributed by atoms with E-state index in [1.165, 1.54) is 0 Å². The highest BCUT2D eigenvalue weighted by molar-refractivity contribution is 9.47. The molecule has 0 aromatic rings. The van der Waals surface area contributed by atoms with Crippen LogP contribution in [0.1, 0.15) is 6.92 Å². The van der Waals surface area contributed by atoms with Crippen LogP contribution in [-0.2, 0) is 8.27 Å². The quantitative estimate of drug-likeness (QED) is 0.569. The monoisotopic (exact) mass is 272 g/mol. The second-order valence-electron chi connectivity index (χ2n) is 2.30. The number of rotatable bonds is 2. The molecule has 0 aromatic heterocycles. The summed E-state index contributed by atoms with van der Waals surface area (Å²) in [7, 11) is -4.66. The Morgan fingerprint density at radius 2 is 1.67 bits per heavy atom. The maximum absolute atomic E-state index is 12.0. The Hall–Kier alpha value is 0.150. The van der Waals surface area contributed by atoms with Gasteiger partial charge in [0, 0.05) is 0 Å². The summed E-state index contributed by atoms with van der Waals surface area (Å²) >= 11 is 1.81. The molecule has 0 aliphatic carbocycles. The lowest BCUT2D eigenvalue weighted by Gasteiger charge is -2.25. The Morgan fingerprint density at radius 3 is 1.67 bits per heavy atom. The molecule has 0 bridgehead atoms. The lowest BCUT2D eigenvalue weighted by atomic mass is 10.2. The standard InChI is InChI=1S/C4H5BrF4O2S/c1-3(2-6,4(7,8)9)12(5,10)11/h2H2,1H3. The first-order valence-corrected chi connectivity index (χ1v) is 5.96. The summed E-state index contributed by atoms with van der Waals surface area (Å²) in [5.74, 6) is 0. The third-order valence-corrected chi connectivity index (χ3v) is 4.95. The predicted octanol–water partition coefficient (Wildman–Crippen LogP) is 2.00. The minimum absolute atomic E-state index is 0.275. The van der Waals surface area contributed by atoms with E-state index in [0.717, 1.165) is 0 Å². The van der Waals surface area contributed by atoms with Gasteiger partial charge in [-0.15, -0.1) is 0 Å². The number of hydrogen-bond acceptors (Lipinski definition) is 2. The first kappa shape index (κ1) is 12.2. The van der Waals surface area contributed by atoms with Crippen molar-refractivity contribution in [1.82, 2.24) is 0 Å². The summed E-state index contributed by atoms with van der Waals surface area (Å²) in [4.78, 5) is 0. The molecule has 0 N–H and O–H groups in total. The van der Waals surface area contributed by atoms with Crippen molar-refractivity contribution in [1.29, 1.82) is 0 Å². The van der Waals surface area contributed by atoms with Gasteiger partial charge < -0.3 is 0 Å². The average Bonchev–Trinajstić information content (AvgIpc) is 1.81. The minimum atomic E-state index is -5.12. The molecule has 0 spiro atoms. The maximum atomic E-state index is 12.0. The molecule has 74 valence electrons. The Morgan fingerprint density at radius 1 is 1.33 bits per heavy atom. The van der Waals surface area contributed by atoms with E-state index in [1.807, 2.05) is 14.8 Å². The molecule has 0 saturated heterocycles. The van der Waals surface area contributed by atoms with Crippen molar-refractivity contribution in [3.63, 3.8) is 0 Å². The van der Waals surface area contributed by atoms with Gasteiger partial charge in [-0.2, -0.15) is 13.2 Å². The van der Waals surface area contributed by atoms with Crippen LogP contribution in [0.2, 0.25) is 0 Å². The van der Waals surface area contributed by atoms with Crippen molar-refractivity contribution in [3.8, 4) is 0 Å². The third-order valence-electron chi connectivity index (χ3n) is 1.39. The van der Waals surface area contributed by atoms with Gasteiger partial charge in [0.15, 0.2) is 0 Å². The molecular weight excluding hydrogens is 268 g/mol. The summed E-state index contributed by atoms with van der Waals surface area (Å²) < 4.78 is 65.4. The van der Waals surface area contributed by atoms with Gasteiger partial charge in [0.05, 0.1) is 14.8 Å². The van der Waals surface area contributed by atoms with Gasteiger partial charge in [0.2, 0.25) is 13.0 Å². The van der Waals surface area contributed by atoms with Crippen LogP contribution in [0.15, 0.2) is 0 Å². The van der Waals surface area contributed by atoms with Crippen LogP contribution in [0.4, 0.5) is 17.6 Å². The van der Waals surface area contributed by atoms with Crippen LogP contribution in [0, 0.1) is 0 Å². The summed E-state index contributed by atoms with van der Waals surface area (Å²) in [5, 5.41) is 0. The Labute approximate surface area is 74.1 Å². The summed E-state index contributed by atoms with van der Waals surface area (Å²) in [6, 6.07) is 0. The molecule has 0 aliphatic rings. The van der Waals surface area contributed by atoms with Gasteiger partial charge >= 0.3 is 6.18 Å². The fourth-order valence-corrected chi connectivity index (χ4v) is 1.50. The molecule has 0 rings (SSSR count). The Balaban J connectivity index is 5.25. The lowest BCUT2D eigenvalue weighted by Crippen LogP contribution is -2.48. The molecule has 12 heavy (non-hydrogen) atoms. The molecule has 0 aromatic carbocycles. The maximum Gasteiger partial charge on any atom is 0.411 e. The smallest absolute Gasteiger partial charge is 0.249 e. The summed E-state index contributed by atoms with van der Waals surface area (Å²) in [5.41, 5.74) is 0. The number of alkyl halides is 4. The topological polar surface area (TPSA) is 34.1 Å². The van der Waals surface area contributed by atoms with Gasteiger partial charge in [-0.25, -0.2) is 12.8 Å². The first-order chi connectivity index (χ1) is 5.06. The average molecular weight is 273 g/mol. The molecule has 1 atom stereocenters. The summed E-state index contributed by atoms with van der Waals surface area (Å²) in [6.07, 6.45) is -5.12. The fraction of sp³-hybridized carbons (Fsp3) is 1.00. The van der Waals surface area contributed by atoms with Gasteiger partial charge in [0.1, 0.15) is 6.67 Å². The van der Waals surface area contributed by atoms with E-state index in [0.29, 0.717) is 0 Å². The number of hydrogen-bond donors (Lipinski definition) is 0. The van der Waals surface area contributed by atoms with E-state index < -0.39 is 25.9 Å². The second-order valence-corrected chi connectivity index (χ2v) is 6.63. The van der Waals surface area contributed by atoms with E-state index >= 15 is 0 Å². The SMILES string of the molecule is CC(CF)(C(F)(F)F)S(=O)(=O)Br. The zero-order valence-electron chi connectivity index (χ0n) is 5.82. The van der Waals surface area contributed by atoms with Gasteiger partial charge in [0.25, 0.3) is 0 Å². The molecule has 1 unspecified atom stereocenters. The zero-order valence-corrected chi connectivity index (χ0v) is 8.22. The van der Waals surface area contributed by atoms with E-state index in [1.54, 1.807) is 0 Å². The molecule has 0 fully saturated rings. The van der Waals surface area contributed by atoms with Crippen LogP contribution < -0.4 is 0 Å². The van der Waals surface area contributed by atoms with Gasteiger partial charge in [-0.05, 0) is 6.92 Å². The van der Waals surface area contributed by atoms with Crippen LogP contribution in [0.25, 0.3) is 0 Å². The molecule has 0 heterocycles. The van der Waals surface area contributed by atoms with Crippen LogP contribution in [0.5, 0.6) is 0 Å². The molecule has 2 nitrogen and oxygen atoms in total. The molecule has 0 radical (unpaired) electrons. The summed E-state index contributed by atoms with van der Waals surface area (Å²) in [6.45, 7) is -1.73. The van der Waals surface area contributed by atoms with Crippen molar-refractivity contribution < 1.29 is 26.0 Å². The van der Waals surface area contributed by atoms with Crippen molar-refractivity contribution in [3.05, 3.63) is 0 Å². The molecular formula is C4H5BrF4O2S. The second kappa shape index (κ2) is 3.13. The highest BCUT2D eigenvalue weighted by atomic mass is 79.9. The normalized spacial score (nSPS) is 18.8. The van der Waals surface area contributed by atoms with Crippen LogP contribution in [0.3, 0.4) is 0 Å². The van der Waals surface area contributed by atoms with E-state index in [4.69, 9.17) is 0 Å². The largest absolute Gasteiger partial charge is 0.411 e. The van der Waals surface area contributed by atoms with Crippen molar-refractivity contribution in [2.24, 2.45) is 0 Å². The third kappa shape index (κ3) is 1.90. The first-order valence-electron chi connectivity index (χ1n) is 2.63. The van der Waals surface area contributed by atoms with Crippen LogP contribution >= 0.6 is 14.8 Å². The van der Waals surface area contributed by atoms with Gasteiger partial charge in [-0.3, -0.25) is 0 Å². The van der Waals surface area contributed by atoms with Crippen molar-refractivity contribution in [2.45, 2.75) is 17.8 Å².